The van der Waals surface area contributed by atoms with Crippen molar-refractivity contribution in [2.75, 3.05) is 26.4 Å². The molecule has 2 aliphatic rings. The van der Waals surface area contributed by atoms with Crippen molar-refractivity contribution in [1.82, 2.24) is 4.90 Å². The van der Waals surface area contributed by atoms with Gasteiger partial charge >= 0.3 is 0 Å². The van der Waals surface area contributed by atoms with E-state index in [4.69, 9.17) is 9.84 Å². The van der Waals surface area contributed by atoms with E-state index in [1.807, 2.05) is 4.90 Å². The lowest BCUT2D eigenvalue weighted by atomic mass is 10.1. The van der Waals surface area contributed by atoms with Crippen molar-refractivity contribution in [2.45, 2.75) is 12.5 Å². The molecule has 1 unspecified atom stereocenters. The molecule has 1 amide bonds. The van der Waals surface area contributed by atoms with Gasteiger partial charge in [0.15, 0.2) is 0 Å². The SMILES string of the molecule is O=C1CC(CO)CN1C1COC1. The van der Waals surface area contributed by atoms with Gasteiger partial charge in [0.05, 0.1) is 19.3 Å². The fourth-order valence-electron chi connectivity index (χ4n) is 1.69. The Morgan fingerprint density at radius 1 is 1.58 bits per heavy atom. The number of carbonyl (C=O) groups is 1. The maximum absolute atomic E-state index is 11.3. The van der Waals surface area contributed by atoms with Gasteiger partial charge in [0.1, 0.15) is 0 Å². The number of likely N-dealkylation sites (tertiary alicyclic amines) is 1. The Bertz CT molecular complexity index is 191. The largest absolute Gasteiger partial charge is 0.396 e. The van der Waals surface area contributed by atoms with Gasteiger partial charge in [-0.1, -0.05) is 0 Å². The van der Waals surface area contributed by atoms with Gasteiger partial charge in [-0.3, -0.25) is 4.79 Å². The van der Waals surface area contributed by atoms with Gasteiger partial charge in [0.25, 0.3) is 0 Å². The van der Waals surface area contributed by atoms with Gasteiger partial charge in [-0.05, 0) is 0 Å². The number of hydrogen-bond acceptors (Lipinski definition) is 3. The molecular formula is C8H13NO3. The smallest absolute Gasteiger partial charge is 0.223 e. The van der Waals surface area contributed by atoms with Crippen LogP contribution in [0.15, 0.2) is 0 Å². The molecule has 1 N–H and O–H groups in total. The average molecular weight is 171 g/mol. The summed E-state index contributed by atoms with van der Waals surface area (Å²) in [5, 5.41) is 8.86. The monoisotopic (exact) mass is 171 g/mol. The minimum absolute atomic E-state index is 0.121. The molecule has 12 heavy (non-hydrogen) atoms. The summed E-state index contributed by atoms with van der Waals surface area (Å²) < 4.78 is 5.01. The normalized spacial score (nSPS) is 30.9. The van der Waals surface area contributed by atoms with Crippen LogP contribution in [0.4, 0.5) is 0 Å². The van der Waals surface area contributed by atoms with E-state index in [1.165, 1.54) is 0 Å². The van der Waals surface area contributed by atoms with Gasteiger partial charge in [0.2, 0.25) is 5.91 Å². The van der Waals surface area contributed by atoms with Gasteiger partial charge in [0, 0.05) is 25.5 Å². The first-order valence-corrected chi connectivity index (χ1v) is 4.29. The zero-order valence-corrected chi connectivity index (χ0v) is 6.90. The second-order valence-corrected chi connectivity index (χ2v) is 3.49. The van der Waals surface area contributed by atoms with Crippen LogP contribution >= 0.6 is 0 Å². The molecule has 0 saturated carbocycles. The van der Waals surface area contributed by atoms with Gasteiger partial charge in [-0.2, -0.15) is 0 Å². The van der Waals surface area contributed by atoms with E-state index in [0.717, 1.165) is 0 Å². The summed E-state index contributed by atoms with van der Waals surface area (Å²) >= 11 is 0. The third-order valence-electron chi connectivity index (χ3n) is 2.56. The zero-order chi connectivity index (χ0) is 8.55. The summed E-state index contributed by atoms with van der Waals surface area (Å²) in [7, 11) is 0. The van der Waals surface area contributed by atoms with Crippen molar-refractivity contribution in [3.8, 4) is 0 Å². The topological polar surface area (TPSA) is 49.8 Å². The third-order valence-corrected chi connectivity index (χ3v) is 2.56. The Morgan fingerprint density at radius 2 is 2.33 bits per heavy atom. The van der Waals surface area contributed by atoms with Crippen molar-refractivity contribution in [3.63, 3.8) is 0 Å². The van der Waals surface area contributed by atoms with Crippen LogP contribution in [0, 0.1) is 5.92 Å². The Kier molecular flexibility index (Phi) is 2.02. The highest BCUT2D eigenvalue weighted by atomic mass is 16.5. The van der Waals surface area contributed by atoms with Crippen LogP contribution in [0.25, 0.3) is 0 Å². The van der Waals surface area contributed by atoms with E-state index in [-0.39, 0.29) is 24.5 Å². The van der Waals surface area contributed by atoms with E-state index in [0.29, 0.717) is 26.2 Å². The number of aliphatic hydroxyl groups excluding tert-OH is 1. The second-order valence-electron chi connectivity index (χ2n) is 3.49. The summed E-state index contributed by atoms with van der Waals surface area (Å²) in [6, 6.07) is 0.286. The van der Waals surface area contributed by atoms with Gasteiger partial charge < -0.3 is 14.7 Å². The van der Waals surface area contributed by atoms with Crippen molar-refractivity contribution < 1.29 is 14.6 Å². The molecule has 0 aromatic heterocycles. The molecule has 0 aromatic carbocycles. The number of aliphatic hydroxyl groups is 1. The molecule has 2 heterocycles. The number of hydrogen-bond donors (Lipinski definition) is 1. The molecule has 0 bridgehead atoms. The Labute approximate surface area is 71.1 Å². The minimum atomic E-state index is 0.121. The van der Waals surface area contributed by atoms with Crippen LogP contribution in [0.3, 0.4) is 0 Å². The van der Waals surface area contributed by atoms with E-state index < -0.39 is 0 Å². The fourth-order valence-corrected chi connectivity index (χ4v) is 1.69. The lowest BCUT2D eigenvalue weighted by Gasteiger charge is -2.34. The van der Waals surface area contributed by atoms with Gasteiger partial charge in [-0.15, -0.1) is 0 Å². The molecule has 4 heteroatoms. The maximum atomic E-state index is 11.3. The molecule has 2 fully saturated rings. The Morgan fingerprint density at radius 3 is 2.75 bits per heavy atom. The Balaban J connectivity index is 1.93. The van der Waals surface area contributed by atoms with E-state index in [1.54, 1.807) is 0 Å². The fraction of sp³-hybridized carbons (Fsp3) is 0.875. The standard InChI is InChI=1S/C8H13NO3/c10-3-6-1-8(11)9(2-6)7-4-12-5-7/h6-7,10H,1-5H2. The lowest BCUT2D eigenvalue weighted by molar-refractivity contribution is -0.139. The van der Waals surface area contributed by atoms with Crippen LogP contribution in [0.1, 0.15) is 6.42 Å². The number of rotatable bonds is 2. The summed E-state index contributed by atoms with van der Waals surface area (Å²) in [6.07, 6.45) is 0.507. The molecule has 1 atom stereocenters. The quantitative estimate of drug-likeness (QED) is 0.593. The van der Waals surface area contributed by atoms with Crippen molar-refractivity contribution in [2.24, 2.45) is 5.92 Å². The predicted octanol–water partition coefficient (Wildman–Crippen LogP) is -0.774. The van der Waals surface area contributed by atoms with Crippen molar-refractivity contribution in [3.05, 3.63) is 0 Å². The molecule has 4 nitrogen and oxygen atoms in total. The first-order chi connectivity index (χ1) is 5.81. The Hall–Kier alpha value is -0.610. The van der Waals surface area contributed by atoms with Crippen molar-refractivity contribution >= 4 is 5.91 Å². The molecule has 0 spiro atoms. The van der Waals surface area contributed by atoms with Gasteiger partial charge in [-0.25, -0.2) is 0 Å². The molecule has 68 valence electrons. The molecule has 2 aliphatic heterocycles. The molecule has 0 aromatic rings. The third kappa shape index (κ3) is 1.21. The minimum Gasteiger partial charge on any atom is -0.396 e. The second kappa shape index (κ2) is 3.03. The van der Waals surface area contributed by atoms with Crippen LogP contribution in [0.2, 0.25) is 0 Å². The zero-order valence-electron chi connectivity index (χ0n) is 6.90. The summed E-state index contributed by atoms with van der Waals surface area (Å²) in [4.78, 5) is 13.2. The number of carbonyl (C=O) groups excluding carboxylic acids is 1. The first-order valence-electron chi connectivity index (χ1n) is 4.29. The number of nitrogens with zero attached hydrogens (tertiary/aromatic N) is 1. The molecule has 0 radical (unpaired) electrons. The average Bonchev–Trinajstić information content (AvgIpc) is 2.29. The summed E-state index contributed by atoms with van der Waals surface area (Å²) in [5.74, 6) is 0.320. The lowest BCUT2D eigenvalue weighted by Crippen LogP contribution is -2.49. The summed E-state index contributed by atoms with van der Waals surface area (Å²) in [6.45, 7) is 2.17. The van der Waals surface area contributed by atoms with Crippen LogP contribution in [0.5, 0.6) is 0 Å². The molecular weight excluding hydrogens is 158 g/mol. The van der Waals surface area contributed by atoms with Crippen molar-refractivity contribution in [1.29, 1.82) is 0 Å². The van der Waals surface area contributed by atoms with E-state index >= 15 is 0 Å². The van der Waals surface area contributed by atoms with Crippen LogP contribution < -0.4 is 0 Å². The molecule has 2 rings (SSSR count). The number of ether oxygens (including phenoxy) is 1. The number of amides is 1. The highest BCUT2D eigenvalue weighted by Crippen LogP contribution is 2.22. The first kappa shape index (κ1) is 8.01. The van der Waals surface area contributed by atoms with E-state index in [9.17, 15) is 4.79 Å². The van der Waals surface area contributed by atoms with Crippen LogP contribution in [-0.4, -0.2) is 48.3 Å². The maximum Gasteiger partial charge on any atom is 0.223 e. The van der Waals surface area contributed by atoms with Crippen LogP contribution in [-0.2, 0) is 9.53 Å². The van der Waals surface area contributed by atoms with E-state index in [2.05, 4.69) is 0 Å². The summed E-state index contributed by atoms with van der Waals surface area (Å²) in [5.41, 5.74) is 0. The molecule has 0 aliphatic carbocycles. The predicted molar refractivity (Wildman–Crippen MR) is 41.5 cm³/mol. The molecule has 2 saturated heterocycles. The highest BCUT2D eigenvalue weighted by molar-refractivity contribution is 5.79. The highest BCUT2D eigenvalue weighted by Gasteiger charge is 2.36.